The van der Waals surface area contributed by atoms with Crippen molar-refractivity contribution in [3.8, 4) is 0 Å². The molecular formula is C25H34N2O2. The summed E-state index contributed by atoms with van der Waals surface area (Å²) in [7, 11) is 0. The van der Waals surface area contributed by atoms with Crippen molar-refractivity contribution in [2.45, 2.75) is 69.6 Å². The number of piperidine rings is 1. The Morgan fingerprint density at radius 3 is 2.62 bits per heavy atom. The van der Waals surface area contributed by atoms with Gasteiger partial charge in [0.2, 0.25) is 11.8 Å². The van der Waals surface area contributed by atoms with E-state index in [2.05, 4.69) is 23.5 Å². The van der Waals surface area contributed by atoms with Crippen LogP contribution in [-0.4, -0.2) is 36.3 Å². The van der Waals surface area contributed by atoms with Crippen LogP contribution < -0.4 is 5.32 Å². The number of likely N-dealkylation sites (tertiary alicyclic amines) is 1. The number of carbonyl (C=O) groups excluding carboxylic acids is 2. The van der Waals surface area contributed by atoms with E-state index in [0.717, 1.165) is 57.2 Å². The standard InChI is InChI=1S/C25H34N2O2/c28-23(27-18-14-20-9-5-6-10-21(20)19-27)13-17-26-24(29)25(15-7-2-8-16-25)22-11-3-1-4-12-22/h1,3-4,10-12,20H,2,5-9,13-19H2,(H,26,29). The van der Waals surface area contributed by atoms with E-state index in [1.165, 1.54) is 24.8 Å². The zero-order valence-electron chi connectivity index (χ0n) is 17.5. The molecule has 1 saturated heterocycles. The minimum atomic E-state index is -0.423. The minimum Gasteiger partial charge on any atom is -0.355 e. The molecule has 0 aromatic heterocycles. The first-order chi connectivity index (χ1) is 14.2. The maximum atomic E-state index is 13.2. The second-order valence-electron chi connectivity index (χ2n) is 9.03. The molecule has 2 amide bonds. The van der Waals surface area contributed by atoms with Gasteiger partial charge in [-0.2, -0.15) is 0 Å². The Labute approximate surface area is 174 Å². The van der Waals surface area contributed by atoms with Crippen molar-refractivity contribution in [1.29, 1.82) is 0 Å². The Morgan fingerprint density at radius 2 is 1.83 bits per heavy atom. The summed E-state index contributed by atoms with van der Waals surface area (Å²) in [6.07, 6.45) is 12.8. The van der Waals surface area contributed by atoms with Gasteiger partial charge in [-0.1, -0.05) is 61.2 Å². The molecule has 0 radical (unpaired) electrons. The fourth-order valence-corrected chi connectivity index (χ4v) is 5.52. The predicted molar refractivity (Wildman–Crippen MR) is 115 cm³/mol. The highest BCUT2D eigenvalue weighted by atomic mass is 16.2. The molecule has 1 aliphatic heterocycles. The summed E-state index contributed by atoms with van der Waals surface area (Å²) < 4.78 is 0. The van der Waals surface area contributed by atoms with Crippen LogP contribution in [0.25, 0.3) is 0 Å². The summed E-state index contributed by atoms with van der Waals surface area (Å²) in [5.74, 6) is 0.974. The van der Waals surface area contributed by atoms with Crippen LogP contribution >= 0.6 is 0 Å². The van der Waals surface area contributed by atoms with Gasteiger partial charge in [0, 0.05) is 26.1 Å². The van der Waals surface area contributed by atoms with Gasteiger partial charge in [-0.25, -0.2) is 0 Å². The van der Waals surface area contributed by atoms with Crippen molar-refractivity contribution in [1.82, 2.24) is 10.2 Å². The predicted octanol–water partition coefficient (Wildman–Crippen LogP) is 4.35. The number of fused-ring (bicyclic) bond motifs is 1. The highest BCUT2D eigenvalue weighted by molar-refractivity contribution is 5.88. The van der Waals surface area contributed by atoms with Crippen LogP contribution in [0.1, 0.15) is 69.8 Å². The Kier molecular flexibility index (Phi) is 6.37. The molecule has 4 heteroatoms. The van der Waals surface area contributed by atoms with Gasteiger partial charge in [-0.3, -0.25) is 9.59 Å². The first kappa shape index (κ1) is 20.2. The molecule has 4 rings (SSSR count). The van der Waals surface area contributed by atoms with Crippen LogP contribution in [0.4, 0.5) is 0 Å². The average Bonchev–Trinajstić information content (AvgIpc) is 2.79. The van der Waals surface area contributed by atoms with Gasteiger partial charge in [0.25, 0.3) is 0 Å². The zero-order chi connectivity index (χ0) is 20.1. The quantitative estimate of drug-likeness (QED) is 0.755. The number of nitrogens with one attached hydrogen (secondary N) is 1. The normalized spacial score (nSPS) is 23.7. The summed E-state index contributed by atoms with van der Waals surface area (Å²) in [5.41, 5.74) is 2.16. The van der Waals surface area contributed by atoms with Gasteiger partial charge < -0.3 is 10.2 Å². The smallest absolute Gasteiger partial charge is 0.230 e. The molecule has 0 bridgehead atoms. The molecular weight excluding hydrogens is 360 g/mol. The number of benzene rings is 1. The number of carbonyl (C=O) groups is 2. The highest BCUT2D eigenvalue weighted by Gasteiger charge is 2.40. The molecule has 2 aliphatic carbocycles. The van der Waals surface area contributed by atoms with Crippen molar-refractivity contribution >= 4 is 11.8 Å². The molecule has 2 fully saturated rings. The summed E-state index contributed by atoms with van der Waals surface area (Å²) >= 11 is 0. The monoisotopic (exact) mass is 394 g/mol. The van der Waals surface area contributed by atoms with Crippen LogP contribution in [0.2, 0.25) is 0 Å². The fourth-order valence-electron chi connectivity index (χ4n) is 5.52. The van der Waals surface area contributed by atoms with Crippen LogP contribution in [-0.2, 0) is 15.0 Å². The van der Waals surface area contributed by atoms with Crippen molar-refractivity contribution in [3.63, 3.8) is 0 Å². The fraction of sp³-hybridized carbons (Fsp3) is 0.600. The second kappa shape index (κ2) is 9.15. The van der Waals surface area contributed by atoms with Crippen molar-refractivity contribution in [2.24, 2.45) is 5.92 Å². The Balaban J connectivity index is 1.33. The largest absolute Gasteiger partial charge is 0.355 e. The molecule has 1 unspecified atom stereocenters. The lowest BCUT2D eigenvalue weighted by atomic mass is 9.68. The van der Waals surface area contributed by atoms with E-state index in [0.29, 0.717) is 18.9 Å². The zero-order valence-corrected chi connectivity index (χ0v) is 17.5. The lowest BCUT2D eigenvalue weighted by molar-refractivity contribution is -0.132. The molecule has 1 atom stereocenters. The van der Waals surface area contributed by atoms with E-state index in [1.54, 1.807) is 0 Å². The van der Waals surface area contributed by atoms with Crippen molar-refractivity contribution in [2.75, 3.05) is 19.6 Å². The van der Waals surface area contributed by atoms with Crippen LogP contribution in [0.3, 0.4) is 0 Å². The number of hydrogen-bond acceptors (Lipinski definition) is 2. The minimum absolute atomic E-state index is 0.102. The summed E-state index contributed by atoms with van der Waals surface area (Å²) in [6, 6.07) is 10.2. The molecule has 1 saturated carbocycles. The van der Waals surface area contributed by atoms with Gasteiger partial charge in [0.05, 0.1) is 5.41 Å². The Morgan fingerprint density at radius 1 is 1.03 bits per heavy atom. The topological polar surface area (TPSA) is 49.4 Å². The van der Waals surface area contributed by atoms with Gasteiger partial charge in [0.1, 0.15) is 0 Å². The molecule has 3 aliphatic rings. The average molecular weight is 395 g/mol. The van der Waals surface area contributed by atoms with E-state index < -0.39 is 5.41 Å². The number of nitrogens with zero attached hydrogens (tertiary/aromatic N) is 1. The van der Waals surface area contributed by atoms with Crippen molar-refractivity contribution < 1.29 is 9.59 Å². The third-order valence-electron chi connectivity index (χ3n) is 7.25. The van der Waals surface area contributed by atoms with Crippen LogP contribution in [0.5, 0.6) is 0 Å². The van der Waals surface area contributed by atoms with Gasteiger partial charge in [-0.15, -0.1) is 0 Å². The van der Waals surface area contributed by atoms with Crippen LogP contribution in [0.15, 0.2) is 42.0 Å². The van der Waals surface area contributed by atoms with E-state index >= 15 is 0 Å². The van der Waals surface area contributed by atoms with Crippen LogP contribution in [0, 0.1) is 5.92 Å². The number of rotatable bonds is 5. The Hall–Kier alpha value is -2.10. The third-order valence-corrected chi connectivity index (χ3v) is 7.25. The SMILES string of the molecule is O=C(CCNC(=O)C1(c2ccccc2)CCCCC1)N1CCC2CCCC=C2C1. The molecule has 1 aromatic carbocycles. The first-order valence-corrected chi connectivity index (χ1v) is 11.5. The number of hydrogen-bond donors (Lipinski definition) is 1. The molecule has 156 valence electrons. The maximum absolute atomic E-state index is 13.2. The lowest BCUT2D eigenvalue weighted by Crippen LogP contribution is -2.47. The lowest BCUT2D eigenvalue weighted by Gasteiger charge is -2.37. The molecule has 4 nitrogen and oxygen atoms in total. The highest BCUT2D eigenvalue weighted by Crippen LogP contribution is 2.39. The summed E-state index contributed by atoms with van der Waals surface area (Å²) in [5, 5.41) is 3.12. The molecule has 1 aromatic rings. The molecule has 1 N–H and O–H groups in total. The first-order valence-electron chi connectivity index (χ1n) is 11.5. The third kappa shape index (κ3) is 4.41. The van der Waals surface area contributed by atoms with Gasteiger partial charge in [-0.05, 0) is 50.0 Å². The molecule has 1 heterocycles. The van der Waals surface area contributed by atoms with Crippen molar-refractivity contribution in [3.05, 3.63) is 47.5 Å². The molecule has 29 heavy (non-hydrogen) atoms. The summed E-state index contributed by atoms with van der Waals surface area (Å²) in [6.45, 7) is 2.10. The van der Waals surface area contributed by atoms with E-state index in [9.17, 15) is 9.59 Å². The van der Waals surface area contributed by atoms with Gasteiger partial charge >= 0.3 is 0 Å². The maximum Gasteiger partial charge on any atom is 0.230 e. The number of allylic oxidation sites excluding steroid dienone is 1. The number of amides is 2. The summed E-state index contributed by atoms with van der Waals surface area (Å²) in [4.78, 5) is 27.9. The van der Waals surface area contributed by atoms with Gasteiger partial charge in [0.15, 0.2) is 0 Å². The molecule has 0 spiro atoms. The van der Waals surface area contributed by atoms with E-state index in [1.807, 2.05) is 23.1 Å². The van der Waals surface area contributed by atoms with E-state index in [4.69, 9.17) is 0 Å². The Bertz CT molecular complexity index is 749. The second-order valence-corrected chi connectivity index (χ2v) is 9.03. The van der Waals surface area contributed by atoms with E-state index in [-0.39, 0.29) is 11.8 Å².